The maximum Gasteiger partial charge on any atom is 0.326 e. The number of aliphatic hydroxyl groups is 1. The Labute approximate surface area is 196 Å². The van der Waals surface area contributed by atoms with Gasteiger partial charge in [-0.2, -0.15) is 0 Å². The normalized spacial score (nSPS) is 15.4. The Bertz CT molecular complexity index is 875. The van der Waals surface area contributed by atoms with E-state index in [-0.39, 0.29) is 6.42 Å². The molecule has 1 aromatic carbocycles. The Morgan fingerprint density at radius 1 is 0.853 bits per heavy atom. The van der Waals surface area contributed by atoms with Crippen LogP contribution in [0, 0.1) is 5.92 Å². The first-order valence-electron chi connectivity index (χ1n) is 10.7. The lowest BCUT2D eigenvalue weighted by Crippen LogP contribution is -2.59. The number of hydrogen-bond acceptors (Lipinski definition) is 7. The standard InChI is InChI=1S/C22H32N4O8/c1-11(2)18(26-20(31)17(23)12(3)27)21(32)24-14(9-13-7-5-4-6-8-13)19(30)25-15(22(33)34)10-16(28)29/h4-8,11-12,14-15,17-18,27H,9-10,23H2,1-3H3,(H,24,32)(H,25,30)(H,26,31)(H,28,29)(H,33,34). The second-order valence-electron chi connectivity index (χ2n) is 8.24. The van der Waals surface area contributed by atoms with Crippen LogP contribution in [0.3, 0.4) is 0 Å². The highest BCUT2D eigenvalue weighted by Gasteiger charge is 2.33. The molecule has 1 rings (SSSR count). The van der Waals surface area contributed by atoms with Gasteiger partial charge >= 0.3 is 11.9 Å². The Balaban J connectivity index is 3.11. The molecule has 5 atom stereocenters. The molecule has 34 heavy (non-hydrogen) atoms. The molecule has 0 aliphatic heterocycles. The van der Waals surface area contributed by atoms with E-state index in [0.717, 1.165) is 0 Å². The molecule has 0 heterocycles. The van der Waals surface area contributed by atoms with Crippen molar-refractivity contribution < 1.29 is 39.3 Å². The summed E-state index contributed by atoms with van der Waals surface area (Å²) in [7, 11) is 0. The fourth-order valence-electron chi connectivity index (χ4n) is 2.97. The molecule has 3 amide bonds. The van der Waals surface area contributed by atoms with Gasteiger partial charge in [-0.15, -0.1) is 0 Å². The number of carbonyl (C=O) groups is 5. The highest BCUT2D eigenvalue weighted by atomic mass is 16.4. The molecule has 12 heteroatoms. The summed E-state index contributed by atoms with van der Waals surface area (Å²) in [5.74, 6) is -5.79. The maximum atomic E-state index is 13.0. The van der Waals surface area contributed by atoms with Crippen LogP contribution in [0.2, 0.25) is 0 Å². The van der Waals surface area contributed by atoms with Crippen molar-refractivity contribution in [2.24, 2.45) is 11.7 Å². The summed E-state index contributed by atoms with van der Waals surface area (Å²) < 4.78 is 0. The molecule has 0 aliphatic rings. The largest absolute Gasteiger partial charge is 0.481 e. The van der Waals surface area contributed by atoms with Gasteiger partial charge in [0.25, 0.3) is 0 Å². The lowest BCUT2D eigenvalue weighted by molar-refractivity contribution is -0.147. The van der Waals surface area contributed by atoms with Crippen LogP contribution in [0.5, 0.6) is 0 Å². The van der Waals surface area contributed by atoms with Crippen molar-refractivity contribution in [3.05, 3.63) is 35.9 Å². The predicted molar refractivity (Wildman–Crippen MR) is 120 cm³/mol. The van der Waals surface area contributed by atoms with Gasteiger partial charge in [0.1, 0.15) is 24.2 Å². The van der Waals surface area contributed by atoms with Crippen molar-refractivity contribution in [3.8, 4) is 0 Å². The van der Waals surface area contributed by atoms with E-state index < -0.39 is 72.3 Å². The Kier molecular flexibility index (Phi) is 11.1. The van der Waals surface area contributed by atoms with Crippen molar-refractivity contribution >= 4 is 29.7 Å². The van der Waals surface area contributed by atoms with Gasteiger partial charge in [0.2, 0.25) is 17.7 Å². The van der Waals surface area contributed by atoms with Gasteiger partial charge in [0, 0.05) is 6.42 Å². The maximum absolute atomic E-state index is 13.0. The number of benzene rings is 1. The summed E-state index contributed by atoms with van der Waals surface area (Å²) in [6, 6.07) is 3.21. The van der Waals surface area contributed by atoms with Crippen LogP contribution >= 0.6 is 0 Å². The number of hydrogen-bond donors (Lipinski definition) is 7. The number of nitrogens with one attached hydrogen (secondary N) is 3. The van der Waals surface area contributed by atoms with Gasteiger partial charge in [0.15, 0.2) is 0 Å². The van der Waals surface area contributed by atoms with E-state index in [9.17, 15) is 34.2 Å². The molecule has 5 unspecified atom stereocenters. The lowest BCUT2D eigenvalue weighted by Gasteiger charge is -2.27. The van der Waals surface area contributed by atoms with Crippen molar-refractivity contribution in [1.82, 2.24) is 16.0 Å². The quantitative estimate of drug-likeness (QED) is 0.177. The molecular weight excluding hydrogens is 448 g/mol. The van der Waals surface area contributed by atoms with Crippen molar-refractivity contribution in [1.29, 1.82) is 0 Å². The number of carboxylic acids is 2. The van der Waals surface area contributed by atoms with Crippen LogP contribution in [0.4, 0.5) is 0 Å². The number of carbonyl (C=O) groups excluding carboxylic acids is 3. The smallest absolute Gasteiger partial charge is 0.326 e. The van der Waals surface area contributed by atoms with Crippen LogP contribution in [0.15, 0.2) is 30.3 Å². The second-order valence-corrected chi connectivity index (χ2v) is 8.24. The molecule has 0 saturated heterocycles. The lowest BCUT2D eigenvalue weighted by atomic mass is 10.00. The van der Waals surface area contributed by atoms with E-state index in [1.807, 2.05) is 0 Å². The summed E-state index contributed by atoms with van der Waals surface area (Å²) in [5.41, 5.74) is 6.27. The number of nitrogens with two attached hydrogens (primary N) is 1. The topological polar surface area (TPSA) is 208 Å². The van der Waals surface area contributed by atoms with Crippen LogP contribution in [-0.4, -0.2) is 75.3 Å². The number of aliphatic carboxylic acids is 2. The fourth-order valence-corrected chi connectivity index (χ4v) is 2.97. The molecule has 188 valence electrons. The molecule has 8 N–H and O–H groups in total. The number of amides is 3. The van der Waals surface area contributed by atoms with E-state index >= 15 is 0 Å². The summed E-state index contributed by atoms with van der Waals surface area (Å²) in [5, 5.41) is 34.8. The van der Waals surface area contributed by atoms with Gasteiger partial charge < -0.3 is 37.0 Å². The monoisotopic (exact) mass is 480 g/mol. The van der Waals surface area contributed by atoms with Crippen molar-refractivity contribution in [2.45, 2.75) is 63.9 Å². The first-order valence-corrected chi connectivity index (χ1v) is 10.7. The summed E-state index contributed by atoms with van der Waals surface area (Å²) in [6.07, 6.45) is -2.03. The minimum absolute atomic E-state index is 0.0240. The molecule has 0 radical (unpaired) electrons. The van der Waals surface area contributed by atoms with Gasteiger partial charge in [-0.3, -0.25) is 19.2 Å². The van der Waals surface area contributed by atoms with E-state index in [4.69, 9.17) is 10.8 Å². The zero-order valence-corrected chi connectivity index (χ0v) is 19.2. The summed E-state index contributed by atoms with van der Waals surface area (Å²) in [4.78, 5) is 60.4. The number of rotatable bonds is 13. The summed E-state index contributed by atoms with van der Waals surface area (Å²) in [6.45, 7) is 4.63. The van der Waals surface area contributed by atoms with Crippen LogP contribution < -0.4 is 21.7 Å². The fraction of sp³-hybridized carbons (Fsp3) is 0.500. The average molecular weight is 481 g/mol. The summed E-state index contributed by atoms with van der Waals surface area (Å²) >= 11 is 0. The molecule has 0 aromatic heterocycles. The number of carboxylic acid groups (broad SMARTS) is 2. The van der Waals surface area contributed by atoms with E-state index in [1.54, 1.807) is 44.2 Å². The van der Waals surface area contributed by atoms with Gasteiger partial charge in [-0.05, 0) is 18.4 Å². The molecule has 0 saturated carbocycles. The third kappa shape index (κ3) is 9.16. The van der Waals surface area contributed by atoms with Crippen molar-refractivity contribution in [2.75, 3.05) is 0 Å². The van der Waals surface area contributed by atoms with Gasteiger partial charge in [-0.1, -0.05) is 44.2 Å². The minimum Gasteiger partial charge on any atom is -0.481 e. The molecule has 1 aromatic rings. The van der Waals surface area contributed by atoms with Crippen molar-refractivity contribution in [3.63, 3.8) is 0 Å². The molecule has 0 bridgehead atoms. The zero-order chi connectivity index (χ0) is 26.0. The van der Waals surface area contributed by atoms with Crippen LogP contribution in [0.1, 0.15) is 32.8 Å². The first-order chi connectivity index (χ1) is 15.8. The third-order valence-corrected chi connectivity index (χ3v) is 4.98. The van der Waals surface area contributed by atoms with Gasteiger partial charge in [0.05, 0.1) is 12.5 Å². The average Bonchev–Trinajstić information content (AvgIpc) is 2.75. The SMILES string of the molecule is CC(C)C(NC(=O)C(N)C(C)O)C(=O)NC(Cc1ccccc1)C(=O)NC(CC(=O)O)C(=O)O. The predicted octanol–water partition coefficient (Wildman–Crippen LogP) is -1.39. The van der Waals surface area contributed by atoms with Gasteiger partial charge in [-0.25, -0.2) is 4.79 Å². The van der Waals surface area contributed by atoms with Crippen LogP contribution in [-0.2, 0) is 30.4 Å². The minimum atomic E-state index is -1.70. The Morgan fingerprint density at radius 2 is 1.41 bits per heavy atom. The molecular formula is C22H32N4O8. The Morgan fingerprint density at radius 3 is 1.88 bits per heavy atom. The second kappa shape index (κ2) is 13.3. The molecule has 0 aliphatic carbocycles. The van der Waals surface area contributed by atoms with E-state index in [1.165, 1.54) is 6.92 Å². The zero-order valence-electron chi connectivity index (χ0n) is 19.2. The molecule has 0 fully saturated rings. The highest BCUT2D eigenvalue weighted by Crippen LogP contribution is 2.08. The number of aliphatic hydroxyl groups excluding tert-OH is 1. The third-order valence-electron chi connectivity index (χ3n) is 4.98. The highest BCUT2D eigenvalue weighted by molar-refractivity contribution is 5.95. The van der Waals surface area contributed by atoms with Crippen LogP contribution in [0.25, 0.3) is 0 Å². The molecule has 0 spiro atoms. The Hall–Kier alpha value is -3.51. The first kappa shape index (κ1) is 28.5. The molecule has 12 nitrogen and oxygen atoms in total. The van der Waals surface area contributed by atoms with E-state index in [2.05, 4.69) is 16.0 Å². The van der Waals surface area contributed by atoms with E-state index in [0.29, 0.717) is 5.56 Å².